The highest BCUT2D eigenvalue weighted by Crippen LogP contribution is 2.31. The van der Waals surface area contributed by atoms with Gasteiger partial charge in [0.15, 0.2) is 0 Å². The number of rotatable bonds is 5. The summed E-state index contributed by atoms with van der Waals surface area (Å²) in [6.07, 6.45) is 9.82. The van der Waals surface area contributed by atoms with Crippen LogP contribution in [-0.4, -0.2) is 49.6 Å². The minimum Gasteiger partial charge on any atom is -0.386 e. The van der Waals surface area contributed by atoms with Crippen LogP contribution < -0.4 is 5.32 Å². The van der Waals surface area contributed by atoms with Gasteiger partial charge < -0.3 is 19.9 Å². The van der Waals surface area contributed by atoms with E-state index in [1.165, 1.54) is 0 Å². The van der Waals surface area contributed by atoms with Gasteiger partial charge in [0.25, 0.3) is 0 Å². The van der Waals surface area contributed by atoms with Crippen LogP contribution in [0.4, 0.5) is 5.95 Å². The van der Waals surface area contributed by atoms with Crippen molar-refractivity contribution >= 4 is 22.8 Å². The van der Waals surface area contributed by atoms with E-state index >= 15 is 0 Å². The Morgan fingerprint density at radius 2 is 1.85 bits per heavy atom. The van der Waals surface area contributed by atoms with E-state index in [2.05, 4.69) is 15.2 Å². The highest BCUT2D eigenvalue weighted by Gasteiger charge is 2.30. The Balaban J connectivity index is 1.28. The highest BCUT2D eigenvalue weighted by molar-refractivity contribution is 5.85. The summed E-state index contributed by atoms with van der Waals surface area (Å²) < 4.78 is 2.03. The van der Waals surface area contributed by atoms with Gasteiger partial charge >= 0.3 is 0 Å². The minimum absolute atomic E-state index is 0.171. The molecule has 33 heavy (non-hydrogen) atoms. The summed E-state index contributed by atoms with van der Waals surface area (Å²) in [7, 11) is 0. The molecule has 5 rings (SSSR count). The molecule has 0 bridgehead atoms. The van der Waals surface area contributed by atoms with Crippen molar-refractivity contribution in [1.82, 2.24) is 19.4 Å². The molecule has 2 aromatic heterocycles. The zero-order chi connectivity index (χ0) is 23.0. The Morgan fingerprint density at radius 3 is 2.58 bits per heavy atom. The number of carbonyl (C=O) groups is 1. The topological polar surface area (TPSA) is 83.3 Å². The molecule has 2 fully saturated rings. The van der Waals surface area contributed by atoms with Gasteiger partial charge in [0.05, 0.1) is 11.1 Å². The first-order valence-electron chi connectivity index (χ1n) is 12.1. The molecule has 1 aliphatic carbocycles. The molecule has 1 saturated heterocycles. The maximum Gasteiger partial charge on any atom is 0.225 e. The van der Waals surface area contributed by atoms with Crippen molar-refractivity contribution in [2.24, 2.45) is 5.92 Å². The van der Waals surface area contributed by atoms with Crippen LogP contribution in [0.3, 0.4) is 0 Å². The zero-order valence-electron chi connectivity index (χ0n) is 19.5. The quantitative estimate of drug-likeness (QED) is 0.611. The van der Waals surface area contributed by atoms with E-state index in [-0.39, 0.29) is 12.0 Å². The minimum atomic E-state index is -0.918. The molecule has 1 saturated carbocycles. The summed E-state index contributed by atoms with van der Waals surface area (Å²) in [5, 5.41) is 15.0. The third-order valence-electron chi connectivity index (χ3n) is 7.11. The number of aliphatic hydroxyl groups is 1. The van der Waals surface area contributed by atoms with E-state index in [0.717, 1.165) is 73.9 Å². The van der Waals surface area contributed by atoms with Gasteiger partial charge in [-0.3, -0.25) is 4.79 Å². The van der Waals surface area contributed by atoms with Crippen LogP contribution in [-0.2, 0) is 10.4 Å². The number of nitrogens with one attached hydrogen (secondary N) is 1. The predicted octanol–water partition coefficient (Wildman–Crippen LogP) is 4.24. The molecule has 174 valence electrons. The lowest BCUT2D eigenvalue weighted by molar-refractivity contribution is -0.135. The second-order valence-corrected chi connectivity index (χ2v) is 9.95. The van der Waals surface area contributed by atoms with Crippen LogP contribution in [0.5, 0.6) is 0 Å². The van der Waals surface area contributed by atoms with Crippen molar-refractivity contribution in [2.75, 3.05) is 18.4 Å². The first kappa shape index (κ1) is 21.9. The number of likely N-dealkylation sites (tertiary alicyclic amines) is 1. The Kier molecular flexibility index (Phi) is 5.83. The summed E-state index contributed by atoms with van der Waals surface area (Å²) in [5.74, 6) is 1.93. The van der Waals surface area contributed by atoms with Gasteiger partial charge in [-0.2, -0.15) is 4.98 Å². The van der Waals surface area contributed by atoms with Gasteiger partial charge in [-0.15, -0.1) is 0 Å². The fourth-order valence-corrected chi connectivity index (χ4v) is 5.32. The van der Waals surface area contributed by atoms with E-state index < -0.39 is 5.60 Å². The molecular weight excluding hydrogens is 414 g/mol. The van der Waals surface area contributed by atoms with E-state index in [1.54, 1.807) is 20.0 Å². The summed E-state index contributed by atoms with van der Waals surface area (Å²) in [4.78, 5) is 24.0. The van der Waals surface area contributed by atoms with Crippen molar-refractivity contribution in [3.8, 4) is 5.82 Å². The highest BCUT2D eigenvalue weighted by atomic mass is 16.3. The largest absolute Gasteiger partial charge is 0.386 e. The second kappa shape index (κ2) is 8.78. The van der Waals surface area contributed by atoms with Crippen molar-refractivity contribution in [1.29, 1.82) is 0 Å². The number of amides is 1. The molecule has 1 amide bonds. The van der Waals surface area contributed by atoms with E-state index in [1.807, 2.05) is 41.1 Å². The fraction of sp³-hybridized carbons (Fsp3) is 0.500. The van der Waals surface area contributed by atoms with Crippen LogP contribution in [0.1, 0.15) is 57.9 Å². The number of carbonyl (C=O) groups excluding carboxylic acids is 1. The monoisotopic (exact) mass is 447 g/mol. The Bertz CT molecular complexity index is 1140. The van der Waals surface area contributed by atoms with Gasteiger partial charge in [-0.25, -0.2) is 4.98 Å². The number of nitrogens with zero attached hydrogens (tertiary/aromatic N) is 4. The lowest BCUT2D eigenvalue weighted by Crippen LogP contribution is -2.37. The number of anilines is 1. The molecule has 0 unspecified atom stereocenters. The fourth-order valence-electron chi connectivity index (χ4n) is 5.32. The summed E-state index contributed by atoms with van der Waals surface area (Å²) in [5.41, 5.74) is 0.977. The lowest BCUT2D eigenvalue weighted by atomic mass is 9.85. The molecule has 7 heteroatoms. The van der Waals surface area contributed by atoms with E-state index in [0.29, 0.717) is 11.9 Å². The van der Waals surface area contributed by atoms with Crippen molar-refractivity contribution in [2.45, 2.75) is 64.0 Å². The second-order valence-electron chi connectivity index (χ2n) is 9.95. The summed E-state index contributed by atoms with van der Waals surface area (Å²) in [6, 6.07) is 10.2. The maximum absolute atomic E-state index is 12.7. The lowest BCUT2D eigenvalue weighted by Gasteiger charge is -2.30. The molecule has 0 spiro atoms. The van der Waals surface area contributed by atoms with Crippen molar-refractivity contribution < 1.29 is 9.90 Å². The standard InChI is InChI=1S/C26H33N5O2/c1-26(2,33)21-6-5-7-22-20(21)13-17-31(22)23-12-14-27-25(29-23)28-19-10-8-18(9-11-19)24(32)30-15-3-4-16-30/h5-7,12-14,17-19,33H,3-4,8-11,15-16H2,1-2H3,(H,27,28,29). The third kappa shape index (κ3) is 4.47. The SMILES string of the molecule is CC(C)(O)c1cccc2c1ccn2-c1ccnc(NC2CCC(C(=O)N3CCCC3)CC2)n1. The zero-order valence-corrected chi connectivity index (χ0v) is 19.5. The van der Waals surface area contributed by atoms with Crippen LogP contribution in [0.2, 0.25) is 0 Å². The van der Waals surface area contributed by atoms with Crippen LogP contribution >= 0.6 is 0 Å². The van der Waals surface area contributed by atoms with Crippen LogP contribution in [0, 0.1) is 5.92 Å². The number of hydrogen-bond donors (Lipinski definition) is 2. The third-order valence-corrected chi connectivity index (χ3v) is 7.11. The van der Waals surface area contributed by atoms with Gasteiger partial charge in [0.1, 0.15) is 5.82 Å². The Morgan fingerprint density at radius 1 is 1.09 bits per heavy atom. The van der Waals surface area contributed by atoms with E-state index in [4.69, 9.17) is 4.98 Å². The van der Waals surface area contributed by atoms with E-state index in [9.17, 15) is 9.90 Å². The molecule has 2 N–H and O–H groups in total. The van der Waals surface area contributed by atoms with Gasteiger partial charge in [-0.1, -0.05) is 12.1 Å². The first-order chi connectivity index (χ1) is 15.9. The molecule has 2 aliphatic rings. The Hall–Kier alpha value is -2.93. The number of benzene rings is 1. The average Bonchev–Trinajstić information content (AvgIpc) is 3.49. The maximum atomic E-state index is 12.7. The first-order valence-corrected chi connectivity index (χ1v) is 12.1. The molecule has 7 nitrogen and oxygen atoms in total. The molecule has 1 aliphatic heterocycles. The predicted molar refractivity (Wildman–Crippen MR) is 129 cm³/mol. The number of hydrogen-bond acceptors (Lipinski definition) is 5. The molecule has 0 atom stereocenters. The molecule has 3 aromatic rings. The number of fused-ring (bicyclic) bond motifs is 1. The summed E-state index contributed by atoms with van der Waals surface area (Å²) in [6.45, 7) is 5.48. The number of aromatic nitrogens is 3. The molecule has 3 heterocycles. The van der Waals surface area contributed by atoms with Gasteiger partial charge in [0.2, 0.25) is 11.9 Å². The smallest absolute Gasteiger partial charge is 0.225 e. The average molecular weight is 448 g/mol. The van der Waals surface area contributed by atoms with Crippen LogP contribution in [0.15, 0.2) is 42.7 Å². The van der Waals surface area contributed by atoms with Crippen molar-refractivity contribution in [3.05, 3.63) is 48.3 Å². The molecule has 1 aromatic carbocycles. The van der Waals surface area contributed by atoms with Gasteiger partial charge in [-0.05, 0) is 76.1 Å². The Labute approximate surface area is 194 Å². The normalized spacial score (nSPS) is 21.5. The summed E-state index contributed by atoms with van der Waals surface area (Å²) >= 11 is 0. The van der Waals surface area contributed by atoms with Crippen molar-refractivity contribution in [3.63, 3.8) is 0 Å². The van der Waals surface area contributed by atoms with Crippen LogP contribution in [0.25, 0.3) is 16.7 Å². The van der Waals surface area contributed by atoms with Gasteiger partial charge in [0, 0.05) is 42.8 Å². The molecule has 0 radical (unpaired) electrons. The molecular formula is C26H33N5O2.